The number of carbonyl (C=O) groups is 2. The first-order valence-corrected chi connectivity index (χ1v) is 11.4. The van der Waals surface area contributed by atoms with Gasteiger partial charge in [0.2, 0.25) is 0 Å². The smallest absolute Gasteiger partial charge is 0.309 e. The summed E-state index contributed by atoms with van der Waals surface area (Å²) in [7, 11) is 0. The van der Waals surface area contributed by atoms with E-state index in [1.807, 2.05) is 20.8 Å². The maximum Gasteiger partial charge on any atom is 0.309 e. The van der Waals surface area contributed by atoms with E-state index in [-0.39, 0.29) is 54.1 Å². The molecule has 0 aromatic rings. The monoisotopic (exact) mass is 420 g/mol. The summed E-state index contributed by atoms with van der Waals surface area (Å²) >= 11 is 0. The van der Waals surface area contributed by atoms with Crippen LogP contribution in [0.5, 0.6) is 0 Å². The molecule has 30 heavy (non-hydrogen) atoms. The molecule has 2 aliphatic carbocycles. The number of carbonyl (C=O) groups excluding carboxylic acids is 2. The number of fused-ring (bicyclic) bond motifs is 1. The zero-order valence-corrected chi connectivity index (χ0v) is 18.5. The second kappa shape index (κ2) is 9.65. The van der Waals surface area contributed by atoms with E-state index in [1.165, 1.54) is 0 Å². The van der Waals surface area contributed by atoms with Gasteiger partial charge < -0.3 is 19.7 Å². The van der Waals surface area contributed by atoms with Gasteiger partial charge in [-0.05, 0) is 36.7 Å². The Balaban J connectivity index is 1.79. The van der Waals surface area contributed by atoms with Crippen LogP contribution in [0.25, 0.3) is 0 Å². The Hall–Kier alpha value is -1.66. The van der Waals surface area contributed by atoms with E-state index in [1.54, 1.807) is 0 Å². The molecule has 0 radical (unpaired) electrons. The lowest BCUT2D eigenvalue weighted by molar-refractivity contribution is -0.169. The van der Waals surface area contributed by atoms with Gasteiger partial charge in [-0.25, -0.2) is 0 Å². The van der Waals surface area contributed by atoms with Crippen LogP contribution < -0.4 is 0 Å². The standard InChI is InChI=1S/C24H36O6/c1-5-13(2)24(28)30-23-21-16(10-15(4)22(23)27)7-6-14(3)19(21)9-8-18-11-17(25)12-20(26)29-18/h6-7,10,13-15,17-19,21-23,25,27H,5,8-9,11-12H2,1-4H3/t13?,14-,15-,17+,18+,19-,21-,22-,23+/m0/s1. The predicted octanol–water partition coefficient (Wildman–Crippen LogP) is 3.17. The molecule has 3 aliphatic rings. The van der Waals surface area contributed by atoms with Gasteiger partial charge >= 0.3 is 11.9 Å². The molecule has 1 unspecified atom stereocenters. The molecule has 0 aromatic carbocycles. The number of cyclic esters (lactones) is 1. The molecule has 6 heteroatoms. The Morgan fingerprint density at radius 3 is 2.67 bits per heavy atom. The van der Waals surface area contributed by atoms with E-state index in [0.29, 0.717) is 19.3 Å². The number of hydrogen-bond donors (Lipinski definition) is 2. The average molecular weight is 421 g/mol. The van der Waals surface area contributed by atoms with E-state index in [4.69, 9.17) is 9.47 Å². The molecule has 0 aromatic heterocycles. The highest BCUT2D eigenvalue weighted by molar-refractivity contribution is 5.72. The molecule has 2 N–H and O–H groups in total. The van der Waals surface area contributed by atoms with Crippen molar-refractivity contribution in [1.82, 2.24) is 0 Å². The Kier molecular flexibility index (Phi) is 7.40. The predicted molar refractivity (Wildman–Crippen MR) is 112 cm³/mol. The van der Waals surface area contributed by atoms with Crippen LogP contribution in [0.2, 0.25) is 0 Å². The molecular formula is C24H36O6. The molecule has 1 aliphatic heterocycles. The number of aliphatic hydroxyl groups excluding tert-OH is 2. The third-order valence-corrected chi connectivity index (χ3v) is 7.12. The van der Waals surface area contributed by atoms with Crippen molar-refractivity contribution >= 4 is 11.9 Å². The van der Waals surface area contributed by atoms with E-state index in [0.717, 1.165) is 12.0 Å². The van der Waals surface area contributed by atoms with Gasteiger partial charge in [-0.2, -0.15) is 0 Å². The summed E-state index contributed by atoms with van der Waals surface area (Å²) in [5.41, 5.74) is 1.11. The van der Waals surface area contributed by atoms with Crippen LogP contribution in [0, 0.1) is 29.6 Å². The van der Waals surface area contributed by atoms with E-state index in [2.05, 4.69) is 25.2 Å². The van der Waals surface area contributed by atoms with Gasteiger partial charge in [-0.3, -0.25) is 9.59 Å². The molecule has 0 saturated carbocycles. The van der Waals surface area contributed by atoms with Crippen LogP contribution in [0.3, 0.4) is 0 Å². The minimum absolute atomic E-state index is 0.0618. The Labute approximate surface area is 179 Å². The van der Waals surface area contributed by atoms with Crippen LogP contribution >= 0.6 is 0 Å². The third-order valence-electron chi connectivity index (χ3n) is 7.12. The van der Waals surface area contributed by atoms with Gasteiger partial charge in [-0.15, -0.1) is 0 Å². The molecule has 6 nitrogen and oxygen atoms in total. The lowest BCUT2D eigenvalue weighted by atomic mass is 9.64. The second-order valence-corrected chi connectivity index (χ2v) is 9.42. The summed E-state index contributed by atoms with van der Waals surface area (Å²) in [6, 6.07) is 0. The zero-order chi connectivity index (χ0) is 22.0. The molecule has 1 heterocycles. The molecule has 0 amide bonds. The highest BCUT2D eigenvalue weighted by Gasteiger charge is 2.46. The fourth-order valence-corrected chi connectivity index (χ4v) is 5.02. The van der Waals surface area contributed by atoms with Crippen molar-refractivity contribution in [2.24, 2.45) is 29.6 Å². The minimum atomic E-state index is -0.748. The quantitative estimate of drug-likeness (QED) is 0.641. The molecule has 1 saturated heterocycles. The number of hydrogen-bond acceptors (Lipinski definition) is 6. The highest BCUT2D eigenvalue weighted by atomic mass is 16.6. The second-order valence-electron chi connectivity index (χ2n) is 9.42. The molecule has 0 bridgehead atoms. The fourth-order valence-electron chi connectivity index (χ4n) is 5.02. The largest absolute Gasteiger partial charge is 0.462 e. The summed E-state index contributed by atoms with van der Waals surface area (Å²) in [6.45, 7) is 7.88. The van der Waals surface area contributed by atoms with E-state index in [9.17, 15) is 19.8 Å². The SMILES string of the molecule is CCC(C)C(=O)O[C@H]1[C@@H](O)[C@@H](C)C=C2C=C[C@H](C)[C@H](CC[C@@H]3C[C@@H](O)CC(=O)O3)[C@H]21. The van der Waals surface area contributed by atoms with Crippen molar-refractivity contribution in [3.05, 3.63) is 23.8 Å². The third kappa shape index (κ3) is 4.97. The highest BCUT2D eigenvalue weighted by Crippen LogP contribution is 2.45. The number of esters is 2. The van der Waals surface area contributed by atoms with Gasteiger partial charge in [0.1, 0.15) is 12.2 Å². The summed E-state index contributed by atoms with van der Waals surface area (Å²) < 4.78 is 11.3. The molecule has 3 rings (SSSR count). The van der Waals surface area contributed by atoms with Gasteiger partial charge in [0.25, 0.3) is 0 Å². The summed E-state index contributed by atoms with van der Waals surface area (Å²) in [4.78, 5) is 24.3. The first kappa shape index (κ1) is 23.0. The average Bonchev–Trinajstić information content (AvgIpc) is 2.69. The van der Waals surface area contributed by atoms with Crippen LogP contribution in [-0.4, -0.2) is 46.6 Å². The maximum atomic E-state index is 12.6. The van der Waals surface area contributed by atoms with Gasteiger partial charge in [0, 0.05) is 18.3 Å². The molecule has 9 atom stereocenters. The van der Waals surface area contributed by atoms with Gasteiger partial charge in [0.15, 0.2) is 0 Å². The van der Waals surface area contributed by atoms with Crippen molar-refractivity contribution in [1.29, 1.82) is 0 Å². The number of ether oxygens (including phenoxy) is 2. The Bertz CT molecular complexity index is 698. The Morgan fingerprint density at radius 1 is 1.27 bits per heavy atom. The van der Waals surface area contributed by atoms with E-state index >= 15 is 0 Å². The minimum Gasteiger partial charge on any atom is -0.462 e. The summed E-state index contributed by atoms with van der Waals surface area (Å²) in [6.07, 6.45) is 6.72. The summed E-state index contributed by atoms with van der Waals surface area (Å²) in [5, 5.41) is 20.8. The van der Waals surface area contributed by atoms with Crippen LogP contribution in [0.4, 0.5) is 0 Å². The first-order valence-electron chi connectivity index (χ1n) is 11.4. The molecule has 168 valence electrons. The first-order chi connectivity index (χ1) is 14.2. The van der Waals surface area contributed by atoms with Gasteiger partial charge in [0.05, 0.1) is 24.5 Å². The maximum absolute atomic E-state index is 12.6. The van der Waals surface area contributed by atoms with Crippen molar-refractivity contribution in [2.75, 3.05) is 0 Å². The number of allylic oxidation sites excluding steroid dienone is 2. The molecular weight excluding hydrogens is 384 g/mol. The van der Waals surface area contributed by atoms with Crippen LogP contribution in [-0.2, 0) is 19.1 Å². The van der Waals surface area contributed by atoms with Crippen molar-refractivity contribution < 1.29 is 29.3 Å². The van der Waals surface area contributed by atoms with Crippen molar-refractivity contribution in [3.8, 4) is 0 Å². The number of rotatable bonds is 6. The summed E-state index contributed by atoms with van der Waals surface area (Å²) in [5.74, 6) is -0.622. The molecule has 0 spiro atoms. The number of aliphatic hydroxyl groups is 2. The van der Waals surface area contributed by atoms with Crippen LogP contribution in [0.15, 0.2) is 23.8 Å². The topological polar surface area (TPSA) is 93.1 Å². The van der Waals surface area contributed by atoms with Crippen molar-refractivity contribution in [3.63, 3.8) is 0 Å². The lowest BCUT2D eigenvalue weighted by Crippen LogP contribution is -2.49. The zero-order valence-electron chi connectivity index (χ0n) is 18.5. The van der Waals surface area contributed by atoms with Crippen LogP contribution in [0.1, 0.15) is 59.8 Å². The lowest BCUT2D eigenvalue weighted by Gasteiger charge is -2.45. The van der Waals surface area contributed by atoms with Gasteiger partial charge in [-0.1, -0.05) is 45.9 Å². The van der Waals surface area contributed by atoms with Crippen molar-refractivity contribution in [2.45, 2.75) is 84.2 Å². The normalized spacial score (nSPS) is 39.5. The fraction of sp³-hybridized carbons (Fsp3) is 0.750. The molecule has 1 fully saturated rings. The van der Waals surface area contributed by atoms with E-state index < -0.39 is 18.3 Å². The Morgan fingerprint density at radius 2 is 2.00 bits per heavy atom.